The van der Waals surface area contributed by atoms with Crippen LogP contribution in [0.2, 0.25) is 0 Å². The molecule has 2 aliphatic rings. The van der Waals surface area contributed by atoms with Gasteiger partial charge in [-0.15, -0.1) is 0 Å². The van der Waals surface area contributed by atoms with Crippen LogP contribution in [0.1, 0.15) is 51.9 Å². The Bertz CT molecular complexity index is 347. The highest BCUT2D eigenvalue weighted by Gasteiger charge is 2.36. The molecule has 0 aliphatic heterocycles. The number of carbonyl (C=O) groups excluding carboxylic acids is 1. The van der Waals surface area contributed by atoms with Gasteiger partial charge in [-0.25, -0.2) is 0 Å². The molecule has 2 aliphatic carbocycles. The van der Waals surface area contributed by atoms with Gasteiger partial charge < -0.3 is 10.4 Å². The first-order valence-electron chi connectivity index (χ1n) is 7.84. The fourth-order valence-corrected chi connectivity index (χ4v) is 3.24. The molecule has 0 aromatic heterocycles. The van der Waals surface area contributed by atoms with Gasteiger partial charge in [0.25, 0.3) is 0 Å². The van der Waals surface area contributed by atoms with Gasteiger partial charge in [-0.1, -0.05) is 13.3 Å². The number of carboxylic acids is 1. The van der Waals surface area contributed by atoms with Crippen LogP contribution >= 0.6 is 0 Å². The molecular formula is C15H26N2O3. The van der Waals surface area contributed by atoms with E-state index in [1.807, 2.05) is 0 Å². The lowest BCUT2D eigenvalue weighted by Crippen LogP contribution is -2.46. The van der Waals surface area contributed by atoms with Gasteiger partial charge in [-0.3, -0.25) is 14.5 Å². The third kappa shape index (κ3) is 4.47. The van der Waals surface area contributed by atoms with Gasteiger partial charge in [0.05, 0.1) is 6.54 Å². The van der Waals surface area contributed by atoms with E-state index in [-0.39, 0.29) is 12.5 Å². The van der Waals surface area contributed by atoms with Crippen LogP contribution in [-0.2, 0) is 9.59 Å². The molecule has 2 fully saturated rings. The van der Waals surface area contributed by atoms with Gasteiger partial charge in [0.15, 0.2) is 0 Å². The van der Waals surface area contributed by atoms with Crippen LogP contribution < -0.4 is 5.32 Å². The van der Waals surface area contributed by atoms with Crippen molar-refractivity contribution in [3.8, 4) is 0 Å². The summed E-state index contributed by atoms with van der Waals surface area (Å²) in [6.07, 6.45) is 8.51. The maximum Gasteiger partial charge on any atom is 0.322 e. The van der Waals surface area contributed by atoms with Crippen molar-refractivity contribution < 1.29 is 14.7 Å². The molecule has 0 radical (unpaired) electrons. The molecule has 5 nitrogen and oxygen atoms in total. The van der Waals surface area contributed by atoms with Gasteiger partial charge in [-0.05, 0) is 44.4 Å². The first-order chi connectivity index (χ1) is 9.60. The Balaban J connectivity index is 1.81. The first-order valence-corrected chi connectivity index (χ1v) is 7.84. The lowest BCUT2D eigenvalue weighted by Gasteiger charge is -2.36. The van der Waals surface area contributed by atoms with Crippen LogP contribution in [0.25, 0.3) is 0 Å². The Hall–Kier alpha value is -1.10. The highest BCUT2D eigenvalue weighted by Crippen LogP contribution is 2.35. The first kappa shape index (κ1) is 15.3. The van der Waals surface area contributed by atoms with Crippen LogP contribution in [0.3, 0.4) is 0 Å². The lowest BCUT2D eigenvalue weighted by atomic mass is 9.84. The quantitative estimate of drug-likeness (QED) is 0.744. The highest BCUT2D eigenvalue weighted by atomic mass is 16.4. The summed E-state index contributed by atoms with van der Waals surface area (Å²) >= 11 is 0. The summed E-state index contributed by atoms with van der Waals surface area (Å²) < 4.78 is 0. The Morgan fingerprint density at radius 3 is 2.10 bits per heavy atom. The second-order valence-corrected chi connectivity index (χ2v) is 6.16. The SMILES string of the molecule is CCC1CCC(N(CC(=O)NCC(=O)O)C2CC2)CC1. The predicted molar refractivity (Wildman–Crippen MR) is 76.4 cm³/mol. The maximum atomic E-state index is 11.8. The molecule has 1 amide bonds. The number of aliphatic carboxylic acids is 1. The number of rotatable bonds is 7. The Morgan fingerprint density at radius 2 is 1.65 bits per heavy atom. The van der Waals surface area contributed by atoms with Gasteiger partial charge in [0, 0.05) is 12.1 Å². The zero-order chi connectivity index (χ0) is 14.5. The topological polar surface area (TPSA) is 69.6 Å². The van der Waals surface area contributed by atoms with Crippen molar-refractivity contribution in [2.75, 3.05) is 13.1 Å². The standard InChI is InChI=1S/C15H26N2O3/c1-2-11-3-5-12(6-4-11)17(13-7-8-13)10-14(18)16-9-15(19)20/h11-13H,2-10H2,1H3,(H,16,18)(H,19,20). The molecule has 0 aromatic rings. The highest BCUT2D eigenvalue weighted by molar-refractivity contribution is 5.82. The van der Waals surface area contributed by atoms with E-state index in [0.29, 0.717) is 18.6 Å². The molecule has 0 spiro atoms. The van der Waals surface area contributed by atoms with E-state index in [9.17, 15) is 9.59 Å². The third-order valence-electron chi connectivity index (χ3n) is 4.64. The van der Waals surface area contributed by atoms with Crippen molar-refractivity contribution in [1.82, 2.24) is 10.2 Å². The number of hydrogen-bond acceptors (Lipinski definition) is 3. The van der Waals surface area contributed by atoms with Crippen molar-refractivity contribution in [3.63, 3.8) is 0 Å². The van der Waals surface area contributed by atoms with E-state index >= 15 is 0 Å². The molecule has 2 saturated carbocycles. The molecule has 0 bridgehead atoms. The maximum absolute atomic E-state index is 11.8. The summed E-state index contributed by atoms with van der Waals surface area (Å²) in [5.41, 5.74) is 0. The number of nitrogens with one attached hydrogen (secondary N) is 1. The average Bonchev–Trinajstić information content (AvgIpc) is 3.27. The summed E-state index contributed by atoms with van der Waals surface area (Å²) in [4.78, 5) is 24.6. The molecule has 0 heterocycles. The normalized spacial score (nSPS) is 26.5. The van der Waals surface area contributed by atoms with Gasteiger partial charge >= 0.3 is 5.97 Å². The van der Waals surface area contributed by atoms with Crippen LogP contribution in [0.15, 0.2) is 0 Å². The fourth-order valence-electron chi connectivity index (χ4n) is 3.24. The molecule has 0 aromatic carbocycles. The van der Waals surface area contributed by atoms with Gasteiger partial charge in [0.1, 0.15) is 6.54 Å². The van der Waals surface area contributed by atoms with E-state index < -0.39 is 5.97 Å². The molecule has 2 rings (SSSR count). The van der Waals surface area contributed by atoms with Crippen molar-refractivity contribution in [2.24, 2.45) is 5.92 Å². The number of hydrogen-bond donors (Lipinski definition) is 2. The summed E-state index contributed by atoms with van der Waals surface area (Å²) in [5.74, 6) is -0.287. The molecule has 0 saturated heterocycles. The minimum absolute atomic E-state index is 0.156. The largest absolute Gasteiger partial charge is 0.480 e. The smallest absolute Gasteiger partial charge is 0.322 e. The lowest BCUT2D eigenvalue weighted by molar-refractivity contribution is -0.138. The van der Waals surface area contributed by atoms with E-state index in [1.54, 1.807) is 0 Å². The van der Waals surface area contributed by atoms with Crippen LogP contribution in [0, 0.1) is 5.92 Å². The average molecular weight is 282 g/mol. The second-order valence-electron chi connectivity index (χ2n) is 6.16. The Kier molecular flexibility index (Phi) is 5.40. The number of nitrogens with zero attached hydrogens (tertiary/aromatic N) is 1. The Morgan fingerprint density at radius 1 is 1.10 bits per heavy atom. The number of carbonyl (C=O) groups is 2. The molecule has 114 valence electrons. The molecule has 5 heteroatoms. The predicted octanol–water partition coefficient (Wildman–Crippen LogP) is 1.62. The van der Waals surface area contributed by atoms with E-state index in [4.69, 9.17) is 5.11 Å². The molecule has 20 heavy (non-hydrogen) atoms. The van der Waals surface area contributed by atoms with Crippen molar-refractivity contribution in [2.45, 2.75) is 64.0 Å². The number of amides is 1. The molecule has 2 N–H and O–H groups in total. The van der Waals surface area contributed by atoms with Crippen molar-refractivity contribution in [3.05, 3.63) is 0 Å². The molecule has 0 unspecified atom stereocenters. The molecule has 0 atom stereocenters. The van der Waals surface area contributed by atoms with E-state index in [1.165, 1.54) is 44.9 Å². The summed E-state index contributed by atoms with van der Waals surface area (Å²) in [5, 5.41) is 11.1. The second kappa shape index (κ2) is 7.07. The van der Waals surface area contributed by atoms with E-state index in [2.05, 4.69) is 17.1 Å². The van der Waals surface area contributed by atoms with Crippen molar-refractivity contribution in [1.29, 1.82) is 0 Å². The Labute approximate surface area is 120 Å². The van der Waals surface area contributed by atoms with Gasteiger partial charge in [0.2, 0.25) is 5.91 Å². The summed E-state index contributed by atoms with van der Waals surface area (Å²) in [6.45, 7) is 2.34. The van der Waals surface area contributed by atoms with Gasteiger partial charge in [-0.2, -0.15) is 0 Å². The minimum Gasteiger partial charge on any atom is -0.480 e. The van der Waals surface area contributed by atoms with Crippen molar-refractivity contribution >= 4 is 11.9 Å². The monoisotopic (exact) mass is 282 g/mol. The van der Waals surface area contributed by atoms with Crippen LogP contribution in [0.5, 0.6) is 0 Å². The van der Waals surface area contributed by atoms with Crippen LogP contribution in [-0.4, -0.2) is 47.1 Å². The third-order valence-corrected chi connectivity index (χ3v) is 4.64. The molecular weight excluding hydrogens is 256 g/mol. The minimum atomic E-state index is -0.986. The number of carboxylic acid groups (broad SMARTS) is 1. The zero-order valence-corrected chi connectivity index (χ0v) is 12.3. The summed E-state index contributed by atoms with van der Waals surface area (Å²) in [6, 6.07) is 1.06. The zero-order valence-electron chi connectivity index (χ0n) is 12.3. The van der Waals surface area contributed by atoms with E-state index in [0.717, 1.165) is 5.92 Å². The van der Waals surface area contributed by atoms with Crippen LogP contribution in [0.4, 0.5) is 0 Å². The summed E-state index contributed by atoms with van der Waals surface area (Å²) in [7, 11) is 0. The fraction of sp³-hybridized carbons (Fsp3) is 0.867.